The Morgan fingerprint density at radius 1 is 1.40 bits per heavy atom. The van der Waals surface area contributed by atoms with Gasteiger partial charge >= 0.3 is 5.92 Å². The van der Waals surface area contributed by atoms with Gasteiger partial charge in [-0.25, -0.2) is 0 Å². The summed E-state index contributed by atoms with van der Waals surface area (Å²) in [5.41, 5.74) is -0.160. The Kier molecular flexibility index (Phi) is 3.29. The van der Waals surface area contributed by atoms with Crippen LogP contribution in [0.5, 0.6) is 5.75 Å². The number of benzene rings is 1. The number of Topliss-reactive ketones (excluding diaryl/α,β-unsaturated/α-hetero) is 1. The number of alkyl halides is 2. The van der Waals surface area contributed by atoms with E-state index in [1.54, 1.807) is 0 Å². The van der Waals surface area contributed by atoms with Crippen molar-refractivity contribution >= 4 is 17.4 Å². The van der Waals surface area contributed by atoms with Crippen molar-refractivity contribution in [2.75, 3.05) is 7.11 Å². The fourth-order valence-electron chi connectivity index (χ4n) is 1.07. The molecule has 1 aromatic rings. The van der Waals surface area contributed by atoms with Gasteiger partial charge in [0.15, 0.2) is 0 Å². The number of hydrogen-bond donors (Lipinski definition) is 0. The highest BCUT2D eigenvalue weighted by molar-refractivity contribution is 6.31. The second-order valence-electron chi connectivity index (χ2n) is 3.10. The van der Waals surface area contributed by atoms with E-state index < -0.39 is 11.7 Å². The molecule has 0 amide bonds. The summed E-state index contributed by atoms with van der Waals surface area (Å²) in [5.74, 6) is -4.41. The van der Waals surface area contributed by atoms with Crippen LogP contribution >= 0.6 is 11.6 Å². The van der Waals surface area contributed by atoms with Crippen molar-refractivity contribution in [3.05, 3.63) is 28.8 Å². The molecule has 0 aromatic heterocycles. The van der Waals surface area contributed by atoms with E-state index in [-0.39, 0.29) is 16.3 Å². The van der Waals surface area contributed by atoms with Crippen LogP contribution in [-0.4, -0.2) is 18.8 Å². The standard InChI is InChI=1S/C10H9ClF2O2/c1-10(12,13)9(14)6-3-7(11)5-8(4-6)15-2/h3-5H,1-2H3. The first kappa shape index (κ1) is 11.9. The van der Waals surface area contributed by atoms with Gasteiger partial charge in [-0.15, -0.1) is 0 Å². The number of rotatable bonds is 3. The molecule has 0 saturated carbocycles. The summed E-state index contributed by atoms with van der Waals surface area (Å²) in [6.45, 7) is 0.544. The largest absolute Gasteiger partial charge is 0.497 e. The summed E-state index contributed by atoms with van der Waals surface area (Å²) in [6, 6.07) is 3.85. The van der Waals surface area contributed by atoms with Crippen molar-refractivity contribution in [2.24, 2.45) is 0 Å². The minimum atomic E-state index is -3.41. The smallest absolute Gasteiger partial charge is 0.307 e. The highest BCUT2D eigenvalue weighted by Gasteiger charge is 2.33. The molecule has 5 heteroatoms. The zero-order valence-corrected chi connectivity index (χ0v) is 8.94. The molecule has 0 radical (unpaired) electrons. The molecule has 0 heterocycles. The van der Waals surface area contributed by atoms with Crippen LogP contribution in [0.15, 0.2) is 18.2 Å². The molecule has 1 rings (SSSR count). The Morgan fingerprint density at radius 2 is 2.00 bits per heavy atom. The molecule has 0 spiro atoms. The maximum Gasteiger partial charge on any atom is 0.307 e. The van der Waals surface area contributed by atoms with Crippen LogP contribution in [-0.2, 0) is 0 Å². The van der Waals surface area contributed by atoms with Gasteiger partial charge in [0.2, 0.25) is 5.78 Å². The average Bonchev–Trinajstić information content (AvgIpc) is 2.14. The molecule has 0 saturated heterocycles. The average molecular weight is 235 g/mol. The van der Waals surface area contributed by atoms with Crippen molar-refractivity contribution in [1.29, 1.82) is 0 Å². The molecule has 0 atom stereocenters. The first-order valence-corrected chi connectivity index (χ1v) is 4.49. The highest BCUT2D eigenvalue weighted by atomic mass is 35.5. The van der Waals surface area contributed by atoms with Gasteiger partial charge in [0.1, 0.15) is 5.75 Å². The van der Waals surface area contributed by atoms with E-state index in [4.69, 9.17) is 16.3 Å². The van der Waals surface area contributed by atoms with Gasteiger partial charge in [-0.05, 0) is 18.2 Å². The van der Waals surface area contributed by atoms with Crippen LogP contribution in [0.3, 0.4) is 0 Å². The molecule has 0 aliphatic heterocycles. The minimum absolute atomic E-state index is 0.160. The summed E-state index contributed by atoms with van der Waals surface area (Å²) < 4.78 is 30.3. The molecule has 2 nitrogen and oxygen atoms in total. The lowest BCUT2D eigenvalue weighted by atomic mass is 10.1. The summed E-state index contributed by atoms with van der Waals surface area (Å²) in [5, 5.41) is 0.182. The molecular weight excluding hydrogens is 226 g/mol. The van der Waals surface area contributed by atoms with Crippen molar-refractivity contribution < 1.29 is 18.3 Å². The Labute approximate surface area is 90.8 Å². The van der Waals surface area contributed by atoms with Crippen LogP contribution in [0.4, 0.5) is 8.78 Å². The summed E-state index contributed by atoms with van der Waals surface area (Å²) in [6.07, 6.45) is 0. The second kappa shape index (κ2) is 4.14. The number of ether oxygens (including phenoxy) is 1. The number of ketones is 1. The van der Waals surface area contributed by atoms with Crippen LogP contribution in [0.2, 0.25) is 5.02 Å². The highest BCUT2D eigenvalue weighted by Crippen LogP contribution is 2.25. The van der Waals surface area contributed by atoms with Crippen LogP contribution in [0.1, 0.15) is 17.3 Å². The van der Waals surface area contributed by atoms with Gasteiger partial charge in [0.05, 0.1) is 7.11 Å². The third-order valence-electron chi connectivity index (χ3n) is 1.77. The maximum absolute atomic E-state index is 12.7. The fraction of sp³-hybridized carbons (Fsp3) is 0.300. The maximum atomic E-state index is 12.7. The Hall–Kier alpha value is -1.16. The molecular formula is C10H9ClF2O2. The number of hydrogen-bond acceptors (Lipinski definition) is 2. The fourth-order valence-corrected chi connectivity index (χ4v) is 1.29. The normalized spacial score (nSPS) is 11.3. The van der Waals surface area contributed by atoms with Crippen molar-refractivity contribution in [3.8, 4) is 5.75 Å². The summed E-state index contributed by atoms with van der Waals surface area (Å²) in [4.78, 5) is 11.2. The van der Waals surface area contributed by atoms with E-state index in [1.807, 2.05) is 0 Å². The molecule has 0 unspecified atom stereocenters. The molecule has 0 aliphatic carbocycles. The molecule has 0 N–H and O–H groups in total. The Morgan fingerprint density at radius 3 is 2.47 bits per heavy atom. The Balaban J connectivity index is 3.15. The van der Waals surface area contributed by atoms with E-state index >= 15 is 0 Å². The zero-order chi connectivity index (χ0) is 11.6. The van der Waals surface area contributed by atoms with Gasteiger partial charge < -0.3 is 4.74 Å². The van der Waals surface area contributed by atoms with Crippen molar-refractivity contribution in [1.82, 2.24) is 0 Å². The van der Waals surface area contributed by atoms with E-state index in [0.29, 0.717) is 6.92 Å². The molecule has 0 bridgehead atoms. The second-order valence-corrected chi connectivity index (χ2v) is 3.53. The van der Waals surface area contributed by atoms with E-state index in [9.17, 15) is 13.6 Å². The first-order valence-electron chi connectivity index (χ1n) is 4.12. The predicted molar refractivity (Wildman–Crippen MR) is 53.0 cm³/mol. The molecule has 0 aliphatic rings. The summed E-state index contributed by atoms with van der Waals surface area (Å²) >= 11 is 5.65. The minimum Gasteiger partial charge on any atom is -0.497 e. The van der Waals surface area contributed by atoms with Crippen molar-refractivity contribution in [2.45, 2.75) is 12.8 Å². The zero-order valence-electron chi connectivity index (χ0n) is 8.18. The SMILES string of the molecule is COc1cc(Cl)cc(C(=O)C(C)(F)F)c1. The van der Waals surface area contributed by atoms with Crippen LogP contribution in [0.25, 0.3) is 0 Å². The van der Waals surface area contributed by atoms with Gasteiger partial charge in [0.25, 0.3) is 0 Å². The van der Waals surface area contributed by atoms with Crippen LogP contribution < -0.4 is 4.74 Å². The van der Waals surface area contributed by atoms with E-state index in [1.165, 1.54) is 25.3 Å². The van der Waals surface area contributed by atoms with Crippen molar-refractivity contribution in [3.63, 3.8) is 0 Å². The first-order chi connectivity index (χ1) is 6.84. The predicted octanol–water partition coefficient (Wildman–Crippen LogP) is 3.19. The molecule has 15 heavy (non-hydrogen) atoms. The molecule has 0 fully saturated rings. The number of halogens is 3. The lowest BCUT2D eigenvalue weighted by molar-refractivity contribution is 0.0221. The quantitative estimate of drug-likeness (QED) is 0.751. The van der Waals surface area contributed by atoms with Gasteiger partial charge in [-0.1, -0.05) is 11.6 Å². The number of carbonyl (C=O) groups is 1. The monoisotopic (exact) mass is 234 g/mol. The Bertz CT molecular complexity index is 385. The molecule has 82 valence electrons. The topological polar surface area (TPSA) is 26.3 Å². The van der Waals surface area contributed by atoms with Gasteiger partial charge in [0, 0.05) is 17.5 Å². The number of carbonyl (C=O) groups excluding carboxylic acids is 1. The third-order valence-corrected chi connectivity index (χ3v) is 1.99. The van der Waals surface area contributed by atoms with E-state index in [0.717, 1.165) is 0 Å². The molecule has 1 aromatic carbocycles. The van der Waals surface area contributed by atoms with Gasteiger partial charge in [-0.2, -0.15) is 8.78 Å². The van der Waals surface area contributed by atoms with E-state index in [2.05, 4.69) is 0 Å². The lowest BCUT2D eigenvalue weighted by Gasteiger charge is -2.10. The lowest BCUT2D eigenvalue weighted by Crippen LogP contribution is -2.24. The van der Waals surface area contributed by atoms with Crippen LogP contribution in [0, 0.1) is 0 Å². The third kappa shape index (κ3) is 2.89. The number of methoxy groups -OCH3 is 1. The summed E-state index contributed by atoms with van der Waals surface area (Å²) in [7, 11) is 1.37. The van der Waals surface area contributed by atoms with Gasteiger partial charge in [-0.3, -0.25) is 4.79 Å².